The monoisotopic (exact) mass is 415 g/mol. The molecule has 0 atom stereocenters. The van der Waals surface area contributed by atoms with E-state index in [2.05, 4.69) is 45.9 Å². The van der Waals surface area contributed by atoms with Gasteiger partial charge in [0.25, 0.3) is 0 Å². The number of anilines is 2. The summed E-state index contributed by atoms with van der Waals surface area (Å²) in [6, 6.07) is 24.9. The molecule has 1 heterocycles. The number of phenolic OH excluding ortho intramolecular Hbond substituents is 1. The molecule has 1 aliphatic rings. The number of para-hydroxylation sites is 1. The van der Waals surface area contributed by atoms with Gasteiger partial charge in [0, 0.05) is 17.9 Å². The summed E-state index contributed by atoms with van der Waals surface area (Å²) >= 11 is 0. The van der Waals surface area contributed by atoms with E-state index >= 15 is 0 Å². The smallest absolute Gasteiger partial charge is 0.323 e. The van der Waals surface area contributed by atoms with Gasteiger partial charge in [-0.15, -0.1) is 0 Å². The Morgan fingerprint density at radius 1 is 0.903 bits per heavy atom. The van der Waals surface area contributed by atoms with E-state index in [-0.39, 0.29) is 11.8 Å². The summed E-state index contributed by atoms with van der Waals surface area (Å²) in [5.74, 6) is 0.917. The fourth-order valence-electron chi connectivity index (χ4n) is 4.18. The van der Waals surface area contributed by atoms with Crippen molar-refractivity contribution in [3.8, 4) is 5.75 Å². The highest BCUT2D eigenvalue weighted by atomic mass is 16.3. The summed E-state index contributed by atoms with van der Waals surface area (Å²) in [7, 11) is 0. The van der Waals surface area contributed by atoms with E-state index in [0.717, 1.165) is 49.3 Å². The van der Waals surface area contributed by atoms with Gasteiger partial charge in [0.15, 0.2) is 0 Å². The summed E-state index contributed by atoms with van der Waals surface area (Å²) in [5, 5.41) is 15.8. The largest absolute Gasteiger partial charge is 0.508 e. The molecule has 0 saturated carbocycles. The molecule has 5 nitrogen and oxygen atoms in total. The molecule has 1 fully saturated rings. The number of urea groups is 1. The third-order valence-electron chi connectivity index (χ3n) is 5.84. The number of carbonyl (C=O) groups excluding carboxylic acids is 1. The predicted molar refractivity (Wildman–Crippen MR) is 125 cm³/mol. The number of aromatic hydroxyl groups is 1. The molecule has 5 heteroatoms. The van der Waals surface area contributed by atoms with Gasteiger partial charge in [-0.25, -0.2) is 4.79 Å². The minimum absolute atomic E-state index is 0.211. The molecule has 160 valence electrons. The van der Waals surface area contributed by atoms with Gasteiger partial charge in [-0.2, -0.15) is 0 Å². The highest BCUT2D eigenvalue weighted by molar-refractivity contribution is 6.00. The lowest BCUT2D eigenvalue weighted by atomic mass is 9.90. The third kappa shape index (κ3) is 6.09. The van der Waals surface area contributed by atoms with Crippen LogP contribution >= 0.6 is 0 Å². The van der Waals surface area contributed by atoms with Crippen molar-refractivity contribution < 1.29 is 9.90 Å². The van der Waals surface area contributed by atoms with E-state index < -0.39 is 0 Å². The number of benzene rings is 3. The van der Waals surface area contributed by atoms with Gasteiger partial charge in [-0.1, -0.05) is 48.5 Å². The van der Waals surface area contributed by atoms with E-state index in [1.54, 1.807) is 18.2 Å². The number of nitrogens with zero attached hydrogens (tertiary/aromatic N) is 1. The van der Waals surface area contributed by atoms with Crippen LogP contribution in [0.15, 0.2) is 78.9 Å². The van der Waals surface area contributed by atoms with Crippen LogP contribution in [0.3, 0.4) is 0 Å². The third-order valence-corrected chi connectivity index (χ3v) is 5.84. The zero-order chi connectivity index (χ0) is 21.5. The van der Waals surface area contributed by atoms with Crippen molar-refractivity contribution >= 4 is 17.4 Å². The normalized spacial score (nSPS) is 14.8. The van der Waals surface area contributed by atoms with Crippen molar-refractivity contribution in [1.82, 2.24) is 4.90 Å². The van der Waals surface area contributed by atoms with Crippen molar-refractivity contribution in [2.45, 2.75) is 25.8 Å². The average molecular weight is 416 g/mol. The van der Waals surface area contributed by atoms with Gasteiger partial charge < -0.3 is 15.7 Å². The Morgan fingerprint density at radius 2 is 1.58 bits per heavy atom. The van der Waals surface area contributed by atoms with Crippen molar-refractivity contribution in [2.24, 2.45) is 5.92 Å². The Kier molecular flexibility index (Phi) is 6.85. The molecule has 3 aromatic carbocycles. The zero-order valence-corrected chi connectivity index (χ0v) is 17.6. The van der Waals surface area contributed by atoms with E-state index in [1.807, 2.05) is 30.3 Å². The Morgan fingerprint density at radius 3 is 2.29 bits per heavy atom. The number of piperidine rings is 1. The van der Waals surface area contributed by atoms with Crippen LogP contribution < -0.4 is 10.6 Å². The molecule has 0 aromatic heterocycles. The number of amides is 2. The standard InChI is InChI=1S/C26H29N3O2/c30-24-11-12-25(28-26(31)27-23-9-5-2-6-10-23)22(18-24)19-29-15-13-21(14-16-29)17-20-7-3-1-4-8-20/h1-12,18,21,30H,13-17,19H2,(H2,27,28,31). The maximum atomic E-state index is 12.4. The molecule has 31 heavy (non-hydrogen) atoms. The SMILES string of the molecule is O=C(Nc1ccccc1)Nc1ccc(O)cc1CN1CCC(Cc2ccccc2)CC1. The Balaban J connectivity index is 1.34. The first-order valence-electron chi connectivity index (χ1n) is 10.9. The van der Waals surface area contributed by atoms with Gasteiger partial charge >= 0.3 is 6.03 Å². The fraction of sp³-hybridized carbons (Fsp3) is 0.269. The molecule has 2 amide bonds. The molecule has 0 unspecified atom stereocenters. The number of hydrogen-bond acceptors (Lipinski definition) is 3. The van der Waals surface area contributed by atoms with Crippen LogP contribution in [0.5, 0.6) is 5.75 Å². The quantitative estimate of drug-likeness (QED) is 0.466. The zero-order valence-electron chi connectivity index (χ0n) is 17.6. The van der Waals surface area contributed by atoms with Crippen LogP contribution in [0.25, 0.3) is 0 Å². The van der Waals surface area contributed by atoms with Crippen LogP contribution in [0.4, 0.5) is 16.2 Å². The van der Waals surface area contributed by atoms with Crippen LogP contribution in [0.1, 0.15) is 24.0 Å². The second kappa shape index (κ2) is 10.1. The minimum atomic E-state index is -0.292. The molecule has 3 N–H and O–H groups in total. The van der Waals surface area contributed by atoms with E-state index in [1.165, 1.54) is 5.56 Å². The molecular weight excluding hydrogens is 386 g/mol. The van der Waals surface area contributed by atoms with Gasteiger partial charge in [0.2, 0.25) is 0 Å². The maximum Gasteiger partial charge on any atom is 0.323 e. The molecular formula is C26H29N3O2. The Hall–Kier alpha value is -3.31. The first-order valence-corrected chi connectivity index (χ1v) is 10.9. The molecule has 1 aliphatic heterocycles. The summed E-state index contributed by atoms with van der Waals surface area (Å²) < 4.78 is 0. The highest BCUT2D eigenvalue weighted by Gasteiger charge is 2.21. The van der Waals surface area contributed by atoms with E-state index in [4.69, 9.17) is 0 Å². The number of likely N-dealkylation sites (tertiary alicyclic amines) is 1. The van der Waals surface area contributed by atoms with Crippen molar-refractivity contribution in [3.63, 3.8) is 0 Å². The van der Waals surface area contributed by atoms with Crippen molar-refractivity contribution in [2.75, 3.05) is 23.7 Å². The molecule has 0 spiro atoms. The van der Waals surface area contributed by atoms with Crippen LogP contribution in [-0.2, 0) is 13.0 Å². The van der Waals surface area contributed by atoms with Crippen molar-refractivity contribution in [3.05, 3.63) is 90.0 Å². The van der Waals surface area contributed by atoms with E-state index in [0.29, 0.717) is 12.5 Å². The number of hydrogen-bond donors (Lipinski definition) is 3. The molecule has 0 radical (unpaired) electrons. The Bertz CT molecular complexity index is 984. The first kappa shape index (κ1) is 20.9. The predicted octanol–water partition coefficient (Wildman–Crippen LogP) is 5.49. The Labute approximate surface area is 183 Å². The minimum Gasteiger partial charge on any atom is -0.508 e. The first-order chi connectivity index (χ1) is 15.2. The number of phenols is 1. The topological polar surface area (TPSA) is 64.6 Å². The lowest BCUT2D eigenvalue weighted by Gasteiger charge is -2.32. The second-order valence-corrected chi connectivity index (χ2v) is 8.20. The van der Waals surface area contributed by atoms with Gasteiger partial charge in [-0.05, 0) is 79.7 Å². The number of nitrogens with one attached hydrogen (secondary N) is 2. The molecule has 1 saturated heterocycles. The lowest BCUT2D eigenvalue weighted by molar-refractivity contribution is 0.177. The number of rotatable bonds is 6. The molecule has 3 aromatic rings. The lowest BCUT2D eigenvalue weighted by Crippen LogP contribution is -2.34. The summed E-state index contributed by atoms with van der Waals surface area (Å²) in [4.78, 5) is 14.8. The molecule has 4 rings (SSSR count). The maximum absolute atomic E-state index is 12.4. The summed E-state index contributed by atoms with van der Waals surface area (Å²) in [5.41, 5.74) is 3.79. The highest BCUT2D eigenvalue weighted by Crippen LogP contribution is 2.27. The van der Waals surface area contributed by atoms with Crippen molar-refractivity contribution in [1.29, 1.82) is 0 Å². The second-order valence-electron chi connectivity index (χ2n) is 8.20. The average Bonchev–Trinajstić information content (AvgIpc) is 2.78. The van der Waals surface area contributed by atoms with Crippen LogP contribution in [0, 0.1) is 5.92 Å². The van der Waals surface area contributed by atoms with Gasteiger partial charge in [0.1, 0.15) is 5.75 Å². The van der Waals surface area contributed by atoms with E-state index in [9.17, 15) is 9.90 Å². The fourth-order valence-corrected chi connectivity index (χ4v) is 4.18. The molecule has 0 bridgehead atoms. The van der Waals surface area contributed by atoms with Gasteiger partial charge in [-0.3, -0.25) is 4.90 Å². The van der Waals surface area contributed by atoms with Crippen LogP contribution in [-0.4, -0.2) is 29.1 Å². The summed E-state index contributed by atoms with van der Waals surface area (Å²) in [6.45, 7) is 2.74. The van der Waals surface area contributed by atoms with Crippen LogP contribution in [0.2, 0.25) is 0 Å². The summed E-state index contributed by atoms with van der Waals surface area (Å²) in [6.07, 6.45) is 3.45. The number of carbonyl (C=O) groups is 1. The molecule has 0 aliphatic carbocycles. The van der Waals surface area contributed by atoms with Gasteiger partial charge in [0.05, 0.1) is 0 Å².